The number of carbonyl (C=O) groups excluding carboxylic acids is 1. The molecule has 0 aliphatic carbocycles. The molecule has 30 heavy (non-hydrogen) atoms. The number of hydrogen-bond donors (Lipinski definition) is 3. The van der Waals surface area contributed by atoms with Gasteiger partial charge in [0.1, 0.15) is 17.5 Å². The van der Waals surface area contributed by atoms with Crippen molar-refractivity contribution >= 4 is 42.6 Å². The Morgan fingerprint density at radius 1 is 1.27 bits per heavy atom. The van der Waals surface area contributed by atoms with Crippen LogP contribution in [0.5, 0.6) is 0 Å². The van der Waals surface area contributed by atoms with E-state index in [-0.39, 0.29) is 30.9 Å². The van der Waals surface area contributed by atoms with Crippen LogP contribution in [-0.4, -0.2) is 51.7 Å². The quantitative estimate of drug-likeness (QED) is 0.333. The fourth-order valence-corrected chi connectivity index (χ4v) is 3.06. The van der Waals surface area contributed by atoms with E-state index in [0.29, 0.717) is 30.0 Å². The number of rotatable bonds is 7. The highest BCUT2D eigenvalue weighted by molar-refractivity contribution is 5.90. The van der Waals surface area contributed by atoms with E-state index in [1.807, 2.05) is 0 Å². The fraction of sp³-hybridized carbons (Fsp3) is 0.316. The summed E-state index contributed by atoms with van der Waals surface area (Å²) in [6.07, 6.45) is 7.14. The number of carbonyl (C=O) groups is 1. The van der Waals surface area contributed by atoms with Crippen molar-refractivity contribution in [3.05, 3.63) is 59.6 Å². The molecule has 3 rings (SSSR count). The summed E-state index contributed by atoms with van der Waals surface area (Å²) in [6.45, 7) is 2.37. The molecule has 0 spiro atoms. The zero-order valence-corrected chi connectivity index (χ0v) is 17.6. The van der Waals surface area contributed by atoms with E-state index >= 15 is 0 Å². The Hall–Kier alpha value is -2.33. The van der Waals surface area contributed by atoms with Gasteiger partial charge in [0, 0.05) is 37.8 Å². The van der Waals surface area contributed by atoms with E-state index < -0.39 is 17.5 Å². The standard InChI is InChI=1S/C19H21F2N5O2.2ClH/c20-14-2-1-13(17(21)9-14)5-7-26-8-6-16(12-26)24-18-11-22-15(10-23-18)3-4-19(27)25-28;;/h1-4,9-11,16,28H,5-8,12H2,(H,23,24)(H,25,27);2*1H/t16-;;/m1../s1. The van der Waals surface area contributed by atoms with E-state index in [2.05, 4.69) is 20.2 Å². The van der Waals surface area contributed by atoms with Gasteiger partial charge in [-0.2, -0.15) is 0 Å². The molecule has 1 aliphatic heterocycles. The highest BCUT2D eigenvalue weighted by Crippen LogP contribution is 2.16. The second-order valence-electron chi connectivity index (χ2n) is 6.55. The van der Waals surface area contributed by atoms with Crippen molar-refractivity contribution in [3.8, 4) is 0 Å². The number of benzene rings is 1. The van der Waals surface area contributed by atoms with Crippen molar-refractivity contribution in [2.45, 2.75) is 18.9 Å². The van der Waals surface area contributed by atoms with Crippen LogP contribution in [0.1, 0.15) is 17.7 Å². The van der Waals surface area contributed by atoms with Crippen molar-refractivity contribution in [1.29, 1.82) is 0 Å². The zero-order chi connectivity index (χ0) is 19.9. The van der Waals surface area contributed by atoms with E-state index in [9.17, 15) is 13.6 Å². The van der Waals surface area contributed by atoms with Crippen molar-refractivity contribution in [3.63, 3.8) is 0 Å². The minimum Gasteiger partial charge on any atom is -0.365 e. The van der Waals surface area contributed by atoms with Crippen LogP contribution < -0.4 is 10.8 Å². The summed E-state index contributed by atoms with van der Waals surface area (Å²) < 4.78 is 26.7. The fourth-order valence-electron chi connectivity index (χ4n) is 3.06. The largest absolute Gasteiger partial charge is 0.365 e. The third-order valence-corrected chi connectivity index (χ3v) is 4.52. The molecule has 2 aromatic rings. The molecule has 1 atom stereocenters. The summed E-state index contributed by atoms with van der Waals surface area (Å²) in [7, 11) is 0. The molecule has 1 aromatic heterocycles. The average molecular weight is 462 g/mol. The van der Waals surface area contributed by atoms with Crippen molar-refractivity contribution in [2.75, 3.05) is 25.0 Å². The molecule has 164 valence electrons. The van der Waals surface area contributed by atoms with Crippen molar-refractivity contribution < 1.29 is 18.8 Å². The second-order valence-corrected chi connectivity index (χ2v) is 6.55. The van der Waals surface area contributed by atoms with Gasteiger partial charge in [0.25, 0.3) is 5.91 Å². The smallest absolute Gasteiger partial charge is 0.267 e. The molecule has 1 aromatic carbocycles. The number of amides is 1. The van der Waals surface area contributed by atoms with Crippen LogP contribution in [0.4, 0.5) is 14.6 Å². The predicted molar refractivity (Wildman–Crippen MR) is 114 cm³/mol. The summed E-state index contributed by atoms with van der Waals surface area (Å²) in [6, 6.07) is 3.89. The van der Waals surface area contributed by atoms with Crippen molar-refractivity contribution in [1.82, 2.24) is 20.3 Å². The number of nitrogens with one attached hydrogen (secondary N) is 2. The number of hydrogen-bond acceptors (Lipinski definition) is 6. The Kier molecular flexibility index (Phi) is 10.6. The Balaban J connectivity index is 0.00000225. The van der Waals surface area contributed by atoms with Crippen LogP contribution in [0.15, 0.2) is 36.7 Å². The predicted octanol–water partition coefficient (Wildman–Crippen LogP) is 2.85. The third-order valence-electron chi connectivity index (χ3n) is 4.52. The molecular weight excluding hydrogens is 439 g/mol. The van der Waals surface area contributed by atoms with Crippen LogP contribution in [0.3, 0.4) is 0 Å². The van der Waals surface area contributed by atoms with Gasteiger partial charge in [-0.1, -0.05) is 6.07 Å². The summed E-state index contributed by atoms with van der Waals surface area (Å²) in [4.78, 5) is 21.6. The van der Waals surface area contributed by atoms with E-state index in [1.54, 1.807) is 6.20 Å². The molecular formula is C19H23Cl2F2N5O2. The van der Waals surface area contributed by atoms with Gasteiger partial charge < -0.3 is 10.2 Å². The molecule has 11 heteroatoms. The summed E-state index contributed by atoms with van der Waals surface area (Å²) >= 11 is 0. The lowest BCUT2D eigenvalue weighted by Gasteiger charge is -2.17. The molecule has 0 radical (unpaired) electrons. The lowest BCUT2D eigenvalue weighted by molar-refractivity contribution is -0.124. The first-order chi connectivity index (χ1) is 13.5. The van der Waals surface area contributed by atoms with E-state index in [4.69, 9.17) is 5.21 Å². The molecule has 1 fully saturated rings. The number of anilines is 1. The number of nitrogens with zero attached hydrogens (tertiary/aromatic N) is 3. The molecule has 1 saturated heterocycles. The summed E-state index contributed by atoms with van der Waals surface area (Å²) in [5, 5.41) is 11.7. The Morgan fingerprint density at radius 2 is 2.07 bits per heavy atom. The molecule has 1 amide bonds. The van der Waals surface area contributed by atoms with Crippen LogP contribution in [0.2, 0.25) is 0 Å². The van der Waals surface area contributed by atoms with Crippen LogP contribution in [-0.2, 0) is 11.2 Å². The Morgan fingerprint density at radius 3 is 2.73 bits per heavy atom. The Bertz CT molecular complexity index is 855. The molecule has 2 heterocycles. The van der Waals surface area contributed by atoms with E-state index in [0.717, 1.165) is 31.7 Å². The molecule has 3 N–H and O–H groups in total. The number of halogens is 4. The minimum atomic E-state index is -0.643. The van der Waals surface area contributed by atoms with Gasteiger partial charge in [0.15, 0.2) is 0 Å². The molecule has 0 unspecified atom stereocenters. The zero-order valence-electron chi connectivity index (χ0n) is 15.9. The van der Waals surface area contributed by atoms with Gasteiger partial charge in [-0.05, 0) is 30.5 Å². The summed E-state index contributed by atoms with van der Waals surface area (Å²) in [5.74, 6) is -1.09. The van der Waals surface area contributed by atoms with Gasteiger partial charge >= 0.3 is 0 Å². The normalized spacial score (nSPS) is 16.0. The summed E-state index contributed by atoms with van der Waals surface area (Å²) in [5.41, 5.74) is 2.50. The SMILES string of the molecule is Cl.Cl.O=C(C=Cc1cnc(N[C@@H]2CCN(CCc3ccc(F)cc3F)C2)cn1)NO. The molecule has 0 saturated carbocycles. The minimum absolute atomic E-state index is 0. The first-order valence-corrected chi connectivity index (χ1v) is 8.90. The van der Waals surface area contributed by atoms with Gasteiger partial charge in [0.05, 0.1) is 18.1 Å². The van der Waals surface area contributed by atoms with E-state index in [1.165, 1.54) is 29.9 Å². The van der Waals surface area contributed by atoms with Gasteiger partial charge in [-0.15, -0.1) is 24.8 Å². The molecule has 0 bridgehead atoms. The molecule has 1 aliphatic rings. The van der Waals surface area contributed by atoms with Crippen LogP contribution in [0, 0.1) is 11.6 Å². The second kappa shape index (κ2) is 12.4. The maximum Gasteiger partial charge on any atom is 0.267 e. The van der Waals surface area contributed by atoms with Gasteiger partial charge in [0.2, 0.25) is 0 Å². The van der Waals surface area contributed by atoms with Crippen LogP contribution in [0.25, 0.3) is 6.08 Å². The monoisotopic (exact) mass is 461 g/mol. The number of likely N-dealkylation sites (tertiary alicyclic amines) is 1. The lowest BCUT2D eigenvalue weighted by Crippen LogP contribution is -2.28. The molecule has 7 nitrogen and oxygen atoms in total. The van der Waals surface area contributed by atoms with Gasteiger partial charge in [-0.25, -0.2) is 19.2 Å². The average Bonchev–Trinajstić information content (AvgIpc) is 3.14. The van der Waals surface area contributed by atoms with Crippen molar-refractivity contribution in [2.24, 2.45) is 0 Å². The first kappa shape index (κ1) is 25.7. The maximum atomic E-state index is 13.7. The third kappa shape index (κ3) is 7.49. The van der Waals surface area contributed by atoms with Gasteiger partial charge in [-0.3, -0.25) is 15.0 Å². The maximum absolute atomic E-state index is 13.7. The first-order valence-electron chi connectivity index (χ1n) is 8.90. The number of hydroxylamine groups is 1. The lowest BCUT2D eigenvalue weighted by atomic mass is 10.1. The Labute approximate surface area is 185 Å². The van der Waals surface area contributed by atoms with Crippen LogP contribution >= 0.6 is 24.8 Å². The number of aromatic nitrogens is 2. The highest BCUT2D eigenvalue weighted by Gasteiger charge is 2.22. The topological polar surface area (TPSA) is 90.4 Å². The highest BCUT2D eigenvalue weighted by atomic mass is 35.5.